The Morgan fingerprint density at radius 3 is 0.755 bits per heavy atom. The summed E-state index contributed by atoms with van der Waals surface area (Å²) in [6, 6.07) is 0. The zero-order valence-electron chi connectivity index (χ0n) is 61.6. The fraction of sp³-hybridized carbons (Fsp3) is 0.947. The first-order valence-electron chi connectivity index (χ1n) is 38.7. The molecule has 0 spiro atoms. The van der Waals surface area contributed by atoms with Gasteiger partial charge in [0.15, 0.2) is 12.2 Å². The van der Waals surface area contributed by atoms with E-state index in [0.717, 1.165) is 115 Å². The maximum absolute atomic E-state index is 13.0. The average Bonchev–Trinajstić information content (AvgIpc) is 1.55. The Balaban J connectivity index is 5.20. The second-order valence-electron chi connectivity index (χ2n) is 28.7. The fourth-order valence-electron chi connectivity index (χ4n) is 11.3. The third-order valence-corrected chi connectivity index (χ3v) is 19.6. The van der Waals surface area contributed by atoms with Crippen LogP contribution < -0.4 is 0 Å². The molecule has 0 aromatic heterocycles. The second-order valence-corrected chi connectivity index (χ2v) is 31.6. The van der Waals surface area contributed by atoms with E-state index in [0.29, 0.717) is 37.5 Å². The molecule has 19 heteroatoms. The molecule has 0 aromatic carbocycles. The Bertz CT molecular complexity index is 1850. The van der Waals surface area contributed by atoms with Crippen molar-refractivity contribution in [1.82, 2.24) is 0 Å². The molecule has 0 rings (SSSR count). The molecule has 0 saturated carbocycles. The third-order valence-electron chi connectivity index (χ3n) is 17.7. The predicted molar refractivity (Wildman–Crippen MR) is 381 cm³/mol. The average molecular weight is 1380 g/mol. The van der Waals surface area contributed by atoms with Crippen molar-refractivity contribution in [2.45, 2.75) is 395 Å². The van der Waals surface area contributed by atoms with Gasteiger partial charge >= 0.3 is 39.5 Å². The molecule has 0 bridgehead atoms. The third kappa shape index (κ3) is 67.3. The molecule has 3 N–H and O–H groups in total. The van der Waals surface area contributed by atoms with E-state index < -0.39 is 97.5 Å². The molecule has 0 saturated heterocycles. The van der Waals surface area contributed by atoms with Gasteiger partial charge in [-0.15, -0.1) is 0 Å². The smallest absolute Gasteiger partial charge is 0.462 e. The number of hydrogen-bond acceptors (Lipinski definition) is 15. The van der Waals surface area contributed by atoms with Crippen LogP contribution in [-0.2, 0) is 65.4 Å². The quantitative estimate of drug-likeness (QED) is 0.0222. The number of unbranched alkanes of at least 4 members (excludes halogenated alkanes) is 37. The van der Waals surface area contributed by atoms with E-state index in [1.54, 1.807) is 0 Å². The van der Waals surface area contributed by atoms with Crippen LogP contribution in [0.1, 0.15) is 376 Å². The van der Waals surface area contributed by atoms with Crippen LogP contribution in [0.2, 0.25) is 0 Å². The molecular weight excluding hydrogens is 1230 g/mol. The van der Waals surface area contributed by atoms with Crippen molar-refractivity contribution in [2.75, 3.05) is 39.6 Å². The lowest BCUT2D eigenvalue weighted by Gasteiger charge is -2.21. The number of aliphatic hydroxyl groups excluding tert-OH is 1. The number of carbonyl (C=O) groups is 4. The van der Waals surface area contributed by atoms with Gasteiger partial charge in [-0.05, 0) is 49.4 Å². The van der Waals surface area contributed by atoms with E-state index in [1.165, 1.54) is 167 Å². The van der Waals surface area contributed by atoms with Gasteiger partial charge in [-0.25, -0.2) is 9.13 Å². The first kappa shape index (κ1) is 92.1. The molecule has 6 atom stereocenters. The van der Waals surface area contributed by atoms with Crippen LogP contribution in [0.4, 0.5) is 0 Å². The number of ether oxygens (including phenoxy) is 4. The summed E-state index contributed by atoms with van der Waals surface area (Å²) in [7, 11) is -9.91. The molecule has 0 radical (unpaired) electrons. The maximum atomic E-state index is 13.0. The van der Waals surface area contributed by atoms with Crippen molar-refractivity contribution < 1.29 is 80.2 Å². The summed E-state index contributed by atoms with van der Waals surface area (Å²) in [6.45, 7) is 14.1. The molecule has 0 aliphatic carbocycles. The van der Waals surface area contributed by atoms with Gasteiger partial charge in [0.05, 0.1) is 26.4 Å². The Morgan fingerprint density at radius 1 is 0.298 bits per heavy atom. The molecule has 0 aromatic rings. The highest BCUT2D eigenvalue weighted by Crippen LogP contribution is 2.45. The first-order chi connectivity index (χ1) is 45.1. The summed E-state index contributed by atoms with van der Waals surface area (Å²) < 4.78 is 68.4. The lowest BCUT2D eigenvalue weighted by atomic mass is 9.99. The number of aliphatic hydroxyl groups is 1. The van der Waals surface area contributed by atoms with Crippen LogP contribution in [-0.4, -0.2) is 96.7 Å². The van der Waals surface area contributed by atoms with E-state index in [-0.39, 0.29) is 25.7 Å². The minimum atomic E-state index is -4.95. The summed E-state index contributed by atoms with van der Waals surface area (Å²) in [5, 5.41) is 10.6. The maximum Gasteiger partial charge on any atom is 0.472 e. The van der Waals surface area contributed by atoms with Crippen LogP contribution in [0, 0.1) is 23.7 Å². The Hall–Kier alpha value is -1.94. The Kier molecular flexibility index (Phi) is 63.1. The van der Waals surface area contributed by atoms with Gasteiger partial charge in [0.2, 0.25) is 0 Å². The van der Waals surface area contributed by atoms with E-state index in [2.05, 4.69) is 55.4 Å². The van der Waals surface area contributed by atoms with Gasteiger partial charge < -0.3 is 33.8 Å². The summed E-state index contributed by atoms with van der Waals surface area (Å²) >= 11 is 0. The number of hydrogen-bond donors (Lipinski definition) is 3. The van der Waals surface area contributed by atoms with Gasteiger partial charge in [0.1, 0.15) is 19.3 Å². The molecular formula is C75H146O17P2. The monoisotopic (exact) mass is 1380 g/mol. The largest absolute Gasteiger partial charge is 0.472 e. The highest BCUT2D eigenvalue weighted by Gasteiger charge is 2.30. The summed E-state index contributed by atoms with van der Waals surface area (Å²) in [5.74, 6) is 0.900. The zero-order chi connectivity index (χ0) is 69.6. The van der Waals surface area contributed by atoms with Crippen LogP contribution in [0.3, 0.4) is 0 Å². The van der Waals surface area contributed by atoms with Crippen molar-refractivity contribution in [3.05, 3.63) is 0 Å². The van der Waals surface area contributed by atoms with Crippen molar-refractivity contribution in [3.8, 4) is 0 Å². The highest BCUT2D eigenvalue weighted by molar-refractivity contribution is 7.47. The minimum Gasteiger partial charge on any atom is -0.462 e. The predicted octanol–water partition coefficient (Wildman–Crippen LogP) is 21.7. The van der Waals surface area contributed by atoms with Gasteiger partial charge in [0.25, 0.3) is 0 Å². The number of phosphoric acid groups is 2. The lowest BCUT2D eigenvalue weighted by molar-refractivity contribution is -0.161. The standard InChI is InChI=1S/C75H146O17P2/c1-9-68(8)54-46-38-29-23-19-15-11-13-17-21-25-31-42-50-58-75(80)92-71(62-86-73(78)56-48-40-34-33-37-45-53-67(6)7)64-90-94(83,84)88-60-69(76)59-87-93(81,82)89-63-70(61-85-72(77)55-47-39-32-26-28-36-44-52-66(4)5)91-74(79)57-49-41-30-24-20-16-12-10-14-18-22-27-35-43-51-65(2)3/h65-71,76H,9-64H2,1-8H3,(H,81,82)(H,83,84)/t68?,69?,70-,71-/m1/s1. The van der Waals surface area contributed by atoms with Gasteiger partial charge in [-0.2, -0.15) is 0 Å². The molecule has 0 fully saturated rings. The molecule has 4 unspecified atom stereocenters. The lowest BCUT2D eigenvalue weighted by Crippen LogP contribution is -2.30. The summed E-state index contributed by atoms with van der Waals surface area (Å²) in [5.41, 5.74) is 0. The molecule has 0 amide bonds. The van der Waals surface area contributed by atoms with Gasteiger partial charge in [0, 0.05) is 25.7 Å². The summed E-state index contributed by atoms with van der Waals surface area (Å²) in [6.07, 6.45) is 48.8. The summed E-state index contributed by atoms with van der Waals surface area (Å²) in [4.78, 5) is 72.7. The van der Waals surface area contributed by atoms with Gasteiger partial charge in [-0.3, -0.25) is 37.3 Å². The fourth-order valence-corrected chi connectivity index (χ4v) is 12.9. The van der Waals surface area contributed by atoms with Crippen molar-refractivity contribution >= 4 is 39.5 Å². The molecule has 0 aliphatic rings. The number of rotatable bonds is 72. The molecule has 0 heterocycles. The van der Waals surface area contributed by atoms with E-state index in [4.69, 9.17) is 37.0 Å². The Labute approximate surface area is 575 Å². The molecule has 0 aliphatic heterocycles. The minimum absolute atomic E-state index is 0.106. The molecule has 17 nitrogen and oxygen atoms in total. The van der Waals surface area contributed by atoms with Crippen LogP contribution in [0.15, 0.2) is 0 Å². The first-order valence-corrected chi connectivity index (χ1v) is 41.7. The molecule has 558 valence electrons. The van der Waals surface area contributed by atoms with E-state index in [1.807, 2.05) is 0 Å². The van der Waals surface area contributed by atoms with Gasteiger partial charge in [-0.1, -0.05) is 325 Å². The molecule has 94 heavy (non-hydrogen) atoms. The van der Waals surface area contributed by atoms with E-state index >= 15 is 0 Å². The van der Waals surface area contributed by atoms with Crippen LogP contribution in [0.5, 0.6) is 0 Å². The van der Waals surface area contributed by atoms with Crippen molar-refractivity contribution in [2.24, 2.45) is 23.7 Å². The SMILES string of the molecule is CCC(C)CCCCCCCCCCCCCCCCC(=O)O[C@H](COC(=O)CCCCCCCCC(C)C)COP(=O)(O)OCC(O)COP(=O)(O)OC[C@@H](COC(=O)CCCCCCCCCC(C)C)OC(=O)CCCCCCCCCCCCCCCCC(C)C. The highest BCUT2D eigenvalue weighted by atomic mass is 31.2. The number of carbonyl (C=O) groups excluding carboxylic acids is 4. The van der Waals surface area contributed by atoms with Crippen molar-refractivity contribution in [1.29, 1.82) is 0 Å². The second kappa shape index (κ2) is 64.4. The van der Waals surface area contributed by atoms with Crippen LogP contribution in [0.25, 0.3) is 0 Å². The zero-order valence-corrected chi connectivity index (χ0v) is 63.4. The topological polar surface area (TPSA) is 237 Å². The number of esters is 4. The number of phosphoric ester groups is 2. The van der Waals surface area contributed by atoms with Crippen molar-refractivity contribution in [3.63, 3.8) is 0 Å². The normalized spacial score (nSPS) is 14.4. The van der Waals surface area contributed by atoms with E-state index in [9.17, 15) is 43.2 Å². The Morgan fingerprint density at radius 2 is 0.511 bits per heavy atom. The van der Waals surface area contributed by atoms with Crippen LogP contribution >= 0.6 is 15.6 Å².